The fraction of sp³-hybridized carbons (Fsp3) is 0.261. The van der Waals surface area contributed by atoms with Gasteiger partial charge in [0.15, 0.2) is 15.5 Å². The molecule has 0 unspecified atom stereocenters. The summed E-state index contributed by atoms with van der Waals surface area (Å²) in [4.78, 5) is 18.0. The second-order valence-electron chi connectivity index (χ2n) is 7.97. The van der Waals surface area contributed by atoms with E-state index in [1.165, 1.54) is 0 Å². The van der Waals surface area contributed by atoms with Crippen LogP contribution in [-0.2, 0) is 16.4 Å². The minimum Gasteiger partial charge on any atom is -0.467 e. The molecule has 8 nitrogen and oxygen atoms in total. The van der Waals surface area contributed by atoms with Crippen LogP contribution in [0.25, 0.3) is 22.3 Å². The first kappa shape index (κ1) is 20.4. The number of benzene rings is 1. The maximum atomic E-state index is 13.2. The zero-order valence-corrected chi connectivity index (χ0v) is 18.3. The molecule has 1 saturated heterocycles. The van der Waals surface area contributed by atoms with Crippen LogP contribution < -0.4 is 5.32 Å². The van der Waals surface area contributed by atoms with Crippen LogP contribution in [0.1, 0.15) is 34.3 Å². The number of aryl methyl sites for hydroxylation is 1. The van der Waals surface area contributed by atoms with Crippen molar-refractivity contribution in [3.8, 4) is 11.3 Å². The van der Waals surface area contributed by atoms with Crippen LogP contribution in [0, 0.1) is 6.92 Å². The van der Waals surface area contributed by atoms with E-state index in [0.29, 0.717) is 40.2 Å². The Morgan fingerprint density at radius 3 is 2.72 bits per heavy atom. The molecule has 0 aliphatic carbocycles. The molecule has 1 amide bonds. The molecule has 4 heterocycles. The molecule has 1 aromatic carbocycles. The number of hydrogen-bond donors (Lipinski definition) is 1. The highest BCUT2D eigenvalue weighted by atomic mass is 32.2. The van der Waals surface area contributed by atoms with Gasteiger partial charge in [-0.2, -0.15) is 5.10 Å². The van der Waals surface area contributed by atoms with Crippen LogP contribution >= 0.6 is 0 Å². The number of carbonyl (C=O) groups excluding carboxylic acids is 1. The summed E-state index contributed by atoms with van der Waals surface area (Å²) in [5.74, 6) is 0.538. The lowest BCUT2D eigenvalue weighted by Crippen LogP contribution is -2.23. The average molecular weight is 451 g/mol. The molecule has 4 aromatic rings. The van der Waals surface area contributed by atoms with E-state index in [2.05, 4.69) is 10.4 Å². The largest absolute Gasteiger partial charge is 0.467 e. The standard InChI is InChI=1S/C23H22N4O4S/c1-15-21-19(23(28)24-13-18-8-5-10-31-18)12-20(16-6-3-2-4-7-16)25-22(21)27(26-15)17-9-11-32(29,30)14-17/h2-8,10,12,17H,9,11,13-14H2,1H3,(H,24,28)/t17-/m1/s1. The van der Waals surface area contributed by atoms with Crippen molar-refractivity contribution in [2.24, 2.45) is 0 Å². The van der Waals surface area contributed by atoms with Crippen molar-refractivity contribution in [2.75, 3.05) is 11.5 Å². The number of nitrogens with zero attached hydrogens (tertiary/aromatic N) is 3. The quantitative estimate of drug-likeness (QED) is 0.500. The van der Waals surface area contributed by atoms with Crippen LogP contribution in [0.2, 0.25) is 0 Å². The van der Waals surface area contributed by atoms with Crippen LogP contribution in [0.15, 0.2) is 59.2 Å². The zero-order valence-electron chi connectivity index (χ0n) is 17.5. The van der Waals surface area contributed by atoms with Gasteiger partial charge < -0.3 is 9.73 Å². The average Bonchev–Trinajstić information content (AvgIpc) is 3.51. The first-order valence-electron chi connectivity index (χ1n) is 10.4. The molecule has 0 saturated carbocycles. The zero-order chi connectivity index (χ0) is 22.3. The molecular formula is C23H22N4O4S. The summed E-state index contributed by atoms with van der Waals surface area (Å²) in [5, 5.41) is 8.14. The van der Waals surface area contributed by atoms with Gasteiger partial charge in [-0.05, 0) is 31.5 Å². The Balaban J connectivity index is 1.63. The number of sulfone groups is 1. The SMILES string of the molecule is Cc1nn([C@@H]2CCS(=O)(=O)C2)c2nc(-c3ccccc3)cc(C(=O)NCc3ccco3)c12. The highest BCUT2D eigenvalue weighted by Gasteiger charge is 2.32. The third-order valence-corrected chi connectivity index (χ3v) is 7.46. The number of pyridine rings is 1. The molecule has 3 aromatic heterocycles. The van der Waals surface area contributed by atoms with Gasteiger partial charge in [0.05, 0.1) is 52.7 Å². The maximum absolute atomic E-state index is 13.2. The van der Waals surface area contributed by atoms with Crippen LogP contribution in [0.3, 0.4) is 0 Å². The second-order valence-corrected chi connectivity index (χ2v) is 10.2. The van der Waals surface area contributed by atoms with Gasteiger partial charge in [0.25, 0.3) is 5.91 Å². The summed E-state index contributed by atoms with van der Waals surface area (Å²) < 4.78 is 31.2. The van der Waals surface area contributed by atoms with Gasteiger partial charge in [-0.1, -0.05) is 30.3 Å². The fourth-order valence-electron chi connectivity index (χ4n) is 4.15. The van der Waals surface area contributed by atoms with Gasteiger partial charge >= 0.3 is 0 Å². The smallest absolute Gasteiger partial charge is 0.252 e. The molecule has 0 bridgehead atoms. The summed E-state index contributed by atoms with van der Waals surface area (Å²) in [6.45, 7) is 2.07. The number of carbonyl (C=O) groups is 1. The maximum Gasteiger partial charge on any atom is 0.252 e. The number of fused-ring (bicyclic) bond motifs is 1. The Bertz CT molecular complexity index is 1390. The third kappa shape index (κ3) is 3.80. The van der Waals surface area contributed by atoms with E-state index in [9.17, 15) is 13.2 Å². The summed E-state index contributed by atoms with van der Waals surface area (Å²) in [5.41, 5.74) is 3.10. The molecule has 164 valence electrons. The number of furan rings is 1. The Hall–Kier alpha value is -3.46. The van der Waals surface area contributed by atoms with Crippen molar-refractivity contribution >= 4 is 26.8 Å². The molecule has 0 spiro atoms. The minimum absolute atomic E-state index is 0.0283. The molecule has 0 radical (unpaired) electrons. The molecule has 1 atom stereocenters. The van der Waals surface area contributed by atoms with E-state index >= 15 is 0 Å². The summed E-state index contributed by atoms with van der Waals surface area (Å²) in [6.07, 6.45) is 2.04. The lowest BCUT2D eigenvalue weighted by molar-refractivity contribution is 0.0949. The van der Waals surface area contributed by atoms with Crippen molar-refractivity contribution in [3.05, 3.63) is 71.8 Å². The molecule has 1 fully saturated rings. The molecule has 1 aliphatic rings. The van der Waals surface area contributed by atoms with Gasteiger partial charge in [-0.15, -0.1) is 0 Å². The number of rotatable bonds is 5. The van der Waals surface area contributed by atoms with Crippen LogP contribution in [-0.4, -0.2) is 40.6 Å². The van der Waals surface area contributed by atoms with Gasteiger partial charge in [0.2, 0.25) is 0 Å². The Morgan fingerprint density at radius 1 is 1.22 bits per heavy atom. The Morgan fingerprint density at radius 2 is 2.03 bits per heavy atom. The van der Waals surface area contributed by atoms with Crippen molar-refractivity contribution < 1.29 is 17.6 Å². The normalized spacial score (nSPS) is 17.6. The second kappa shape index (κ2) is 7.90. The van der Waals surface area contributed by atoms with Crippen molar-refractivity contribution in [1.82, 2.24) is 20.1 Å². The van der Waals surface area contributed by atoms with Crippen LogP contribution in [0.4, 0.5) is 0 Å². The number of nitrogens with one attached hydrogen (secondary N) is 1. The van der Waals surface area contributed by atoms with Crippen molar-refractivity contribution in [1.29, 1.82) is 0 Å². The molecule has 1 aliphatic heterocycles. The van der Waals surface area contributed by atoms with Gasteiger partial charge in [-0.25, -0.2) is 18.1 Å². The molecule has 9 heteroatoms. The van der Waals surface area contributed by atoms with E-state index in [0.717, 1.165) is 5.56 Å². The van der Waals surface area contributed by atoms with E-state index in [4.69, 9.17) is 9.40 Å². The van der Waals surface area contributed by atoms with E-state index in [-0.39, 0.29) is 30.0 Å². The van der Waals surface area contributed by atoms with E-state index in [1.807, 2.05) is 37.3 Å². The lowest BCUT2D eigenvalue weighted by atomic mass is 10.0. The first-order chi connectivity index (χ1) is 15.4. The number of aromatic nitrogens is 3. The Labute approximate surface area is 185 Å². The minimum atomic E-state index is -3.10. The first-order valence-corrected chi connectivity index (χ1v) is 12.2. The van der Waals surface area contributed by atoms with Gasteiger partial charge in [0, 0.05) is 5.56 Å². The van der Waals surface area contributed by atoms with Gasteiger partial charge in [-0.3, -0.25) is 4.79 Å². The van der Waals surface area contributed by atoms with Gasteiger partial charge in [0.1, 0.15) is 5.76 Å². The molecule has 32 heavy (non-hydrogen) atoms. The van der Waals surface area contributed by atoms with Crippen molar-refractivity contribution in [3.63, 3.8) is 0 Å². The predicted octanol–water partition coefficient (Wildman–Crippen LogP) is 3.29. The summed E-state index contributed by atoms with van der Waals surface area (Å²) in [7, 11) is -3.10. The number of hydrogen-bond acceptors (Lipinski definition) is 6. The summed E-state index contributed by atoms with van der Waals surface area (Å²) in [6, 6.07) is 14.6. The fourth-order valence-corrected chi connectivity index (χ4v) is 5.84. The molecule has 5 rings (SSSR count). The van der Waals surface area contributed by atoms with Crippen molar-refractivity contribution in [2.45, 2.75) is 25.9 Å². The lowest BCUT2D eigenvalue weighted by Gasteiger charge is -2.12. The van der Waals surface area contributed by atoms with E-state index in [1.54, 1.807) is 29.1 Å². The predicted molar refractivity (Wildman–Crippen MR) is 120 cm³/mol. The highest BCUT2D eigenvalue weighted by Crippen LogP contribution is 2.32. The van der Waals surface area contributed by atoms with Crippen LogP contribution in [0.5, 0.6) is 0 Å². The number of amides is 1. The molecular weight excluding hydrogens is 428 g/mol. The highest BCUT2D eigenvalue weighted by molar-refractivity contribution is 7.91. The Kier molecular flexibility index (Phi) is 5.05. The monoisotopic (exact) mass is 450 g/mol. The topological polar surface area (TPSA) is 107 Å². The molecule has 1 N–H and O–H groups in total. The summed E-state index contributed by atoms with van der Waals surface area (Å²) >= 11 is 0. The van der Waals surface area contributed by atoms with E-state index < -0.39 is 9.84 Å². The third-order valence-electron chi connectivity index (χ3n) is 5.71.